The van der Waals surface area contributed by atoms with E-state index in [2.05, 4.69) is 62.3 Å². The zero-order chi connectivity index (χ0) is 16.1. The molecule has 1 N–H and O–H groups in total. The standard InChI is InChI=1S/C17H24N6/c1-3-14-7-5-6-8-15(14)19-16-13-18-21-17(20-16)23-11-9-22(4-2)10-12-23/h5-8,13H,3-4,9-12H2,1-2H3,(H,19,20,21). The topological polar surface area (TPSA) is 57.2 Å². The quantitative estimate of drug-likeness (QED) is 0.914. The number of hydrogen-bond acceptors (Lipinski definition) is 6. The van der Waals surface area contributed by atoms with Gasteiger partial charge in [-0.2, -0.15) is 10.1 Å². The second-order valence-corrected chi connectivity index (χ2v) is 5.70. The Morgan fingerprint density at radius 3 is 2.61 bits per heavy atom. The van der Waals surface area contributed by atoms with Crippen molar-refractivity contribution < 1.29 is 0 Å². The van der Waals surface area contributed by atoms with Crippen molar-refractivity contribution in [3.05, 3.63) is 36.0 Å². The normalized spacial score (nSPS) is 15.7. The van der Waals surface area contributed by atoms with Crippen LogP contribution in [0.4, 0.5) is 17.5 Å². The lowest BCUT2D eigenvalue weighted by Crippen LogP contribution is -2.46. The van der Waals surface area contributed by atoms with Gasteiger partial charge in [0.2, 0.25) is 5.95 Å². The Kier molecular flexibility index (Phi) is 5.02. The van der Waals surface area contributed by atoms with Crippen LogP contribution in [-0.2, 0) is 6.42 Å². The van der Waals surface area contributed by atoms with E-state index in [9.17, 15) is 0 Å². The highest BCUT2D eigenvalue weighted by atomic mass is 15.4. The van der Waals surface area contributed by atoms with Gasteiger partial charge in [-0.1, -0.05) is 32.0 Å². The molecule has 6 nitrogen and oxygen atoms in total. The smallest absolute Gasteiger partial charge is 0.247 e. The molecule has 1 aliphatic heterocycles. The Morgan fingerprint density at radius 2 is 1.87 bits per heavy atom. The van der Waals surface area contributed by atoms with Crippen LogP contribution in [-0.4, -0.2) is 52.8 Å². The van der Waals surface area contributed by atoms with Crippen LogP contribution in [0, 0.1) is 0 Å². The summed E-state index contributed by atoms with van der Waals surface area (Å²) >= 11 is 0. The second kappa shape index (κ2) is 7.37. The molecule has 3 rings (SSSR count). The third-order valence-corrected chi connectivity index (χ3v) is 4.31. The molecule has 1 fully saturated rings. The summed E-state index contributed by atoms with van der Waals surface area (Å²) in [7, 11) is 0. The van der Waals surface area contributed by atoms with Crippen LogP contribution in [0.3, 0.4) is 0 Å². The Balaban J connectivity index is 1.73. The molecular formula is C17H24N6. The first kappa shape index (κ1) is 15.7. The predicted molar refractivity (Wildman–Crippen MR) is 93.3 cm³/mol. The van der Waals surface area contributed by atoms with E-state index in [-0.39, 0.29) is 0 Å². The summed E-state index contributed by atoms with van der Waals surface area (Å²) in [5, 5.41) is 11.7. The van der Waals surface area contributed by atoms with E-state index >= 15 is 0 Å². The molecule has 0 atom stereocenters. The number of nitrogens with one attached hydrogen (secondary N) is 1. The van der Waals surface area contributed by atoms with E-state index < -0.39 is 0 Å². The molecule has 0 unspecified atom stereocenters. The maximum atomic E-state index is 4.64. The molecule has 0 saturated carbocycles. The molecule has 0 radical (unpaired) electrons. The summed E-state index contributed by atoms with van der Waals surface area (Å²) in [5.41, 5.74) is 2.35. The number of piperazine rings is 1. The summed E-state index contributed by atoms with van der Waals surface area (Å²) in [6, 6.07) is 8.28. The van der Waals surface area contributed by atoms with Gasteiger partial charge in [-0.3, -0.25) is 0 Å². The molecule has 1 saturated heterocycles. The van der Waals surface area contributed by atoms with Crippen molar-refractivity contribution in [2.45, 2.75) is 20.3 Å². The van der Waals surface area contributed by atoms with E-state index in [1.165, 1.54) is 5.56 Å². The van der Waals surface area contributed by atoms with E-state index in [0.717, 1.165) is 50.6 Å². The molecule has 0 bridgehead atoms. The van der Waals surface area contributed by atoms with Gasteiger partial charge in [0.1, 0.15) is 0 Å². The van der Waals surface area contributed by atoms with Crippen LogP contribution in [0.15, 0.2) is 30.5 Å². The van der Waals surface area contributed by atoms with Crippen molar-refractivity contribution in [1.82, 2.24) is 20.1 Å². The van der Waals surface area contributed by atoms with Crippen molar-refractivity contribution in [3.8, 4) is 0 Å². The fourth-order valence-electron chi connectivity index (χ4n) is 2.84. The summed E-state index contributed by atoms with van der Waals surface area (Å²) in [6.45, 7) is 9.45. The summed E-state index contributed by atoms with van der Waals surface area (Å²) in [4.78, 5) is 9.28. The van der Waals surface area contributed by atoms with Gasteiger partial charge < -0.3 is 15.1 Å². The van der Waals surface area contributed by atoms with Crippen LogP contribution in [0.2, 0.25) is 0 Å². The SMILES string of the molecule is CCc1ccccc1Nc1cnnc(N2CCN(CC)CC2)n1. The number of nitrogens with zero attached hydrogens (tertiary/aromatic N) is 5. The number of para-hydroxylation sites is 1. The second-order valence-electron chi connectivity index (χ2n) is 5.70. The minimum Gasteiger partial charge on any atom is -0.339 e. The highest BCUT2D eigenvalue weighted by molar-refractivity contribution is 5.60. The minimum atomic E-state index is 0.708. The average molecular weight is 312 g/mol. The lowest BCUT2D eigenvalue weighted by molar-refractivity contribution is 0.269. The first-order chi connectivity index (χ1) is 11.3. The van der Waals surface area contributed by atoms with Gasteiger partial charge in [0.15, 0.2) is 5.82 Å². The van der Waals surface area contributed by atoms with E-state index in [1.807, 2.05) is 6.07 Å². The van der Waals surface area contributed by atoms with Crippen LogP contribution >= 0.6 is 0 Å². The number of anilines is 3. The zero-order valence-corrected chi connectivity index (χ0v) is 13.9. The van der Waals surface area contributed by atoms with Gasteiger partial charge in [-0.05, 0) is 24.6 Å². The van der Waals surface area contributed by atoms with Crippen molar-refractivity contribution in [3.63, 3.8) is 0 Å². The molecule has 0 amide bonds. The van der Waals surface area contributed by atoms with Gasteiger partial charge >= 0.3 is 0 Å². The third-order valence-electron chi connectivity index (χ3n) is 4.31. The molecule has 1 aromatic carbocycles. The third kappa shape index (κ3) is 3.76. The lowest BCUT2D eigenvalue weighted by Gasteiger charge is -2.33. The Bertz CT molecular complexity index is 636. The average Bonchev–Trinajstić information content (AvgIpc) is 2.62. The molecule has 6 heteroatoms. The van der Waals surface area contributed by atoms with Gasteiger partial charge in [-0.25, -0.2) is 0 Å². The Hall–Kier alpha value is -2.21. The fraction of sp³-hybridized carbons (Fsp3) is 0.471. The van der Waals surface area contributed by atoms with E-state index in [1.54, 1.807) is 6.20 Å². The molecular weight excluding hydrogens is 288 g/mol. The summed E-state index contributed by atoms with van der Waals surface area (Å²) < 4.78 is 0. The van der Waals surface area contributed by atoms with Crippen molar-refractivity contribution >= 4 is 17.5 Å². The van der Waals surface area contributed by atoms with Gasteiger partial charge in [0.25, 0.3) is 0 Å². The zero-order valence-electron chi connectivity index (χ0n) is 13.9. The monoisotopic (exact) mass is 312 g/mol. The van der Waals surface area contributed by atoms with Crippen molar-refractivity contribution in [2.75, 3.05) is 42.9 Å². The predicted octanol–water partition coefficient (Wildman–Crippen LogP) is 2.32. The van der Waals surface area contributed by atoms with E-state index in [4.69, 9.17) is 0 Å². The Morgan fingerprint density at radius 1 is 1.09 bits per heavy atom. The molecule has 122 valence electrons. The van der Waals surface area contributed by atoms with Crippen LogP contribution in [0.25, 0.3) is 0 Å². The minimum absolute atomic E-state index is 0.708. The van der Waals surface area contributed by atoms with Crippen molar-refractivity contribution in [2.24, 2.45) is 0 Å². The lowest BCUT2D eigenvalue weighted by atomic mass is 10.1. The number of aromatic nitrogens is 3. The molecule has 0 aliphatic carbocycles. The molecule has 1 aromatic heterocycles. The summed E-state index contributed by atoms with van der Waals surface area (Å²) in [6.07, 6.45) is 2.66. The maximum Gasteiger partial charge on any atom is 0.247 e. The maximum absolute atomic E-state index is 4.64. The van der Waals surface area contributed by atoms with Crippen LogP contribution < -0.4 is 10.2 Å². The van der Waals surface area contributed by atoms with Gasteiger partial charge in [0.05, 0.1) is 6.20 Å². The number of hydrogen-bond donors (Lipinski definition) is 1. The Labute approximate surface area is 137 Å². The highest BCUT2D eigenvalue weighted by Gasteiger charge is 2.18. The number of rotatable bonds is 5. The molecule has 23 heavy (non-hydrogen) atoms. The molecule has 2 aromatic rings. The first-order valence-electron chi connectivity index (χ1n) is 8.32. The molecule has 0 spiro atoms. The van der Waals surface area contributed by atoms with E-state index in [0.29, 0.717) is 5.95 Å². The fourth-order valence-corrected chi connectivity index (χ4v) is 2.84. The largest absolute Gasteiger partial charge is 0.339 e. The highest BCUT2D eigenvalue weighted by Crippen LogP contribution is 2.20. The number of likely N-dealkylation sites (N-methyl/N-ethyl adjacent to an activating group) is 1. The molecule has 2 heterocycles. The van der Waals surface area contributed by atoms with Gasteiger partial charge in [-0.15, -0.1) is 5.10 Å². The first-order valence-corrected chi connectivity index (χ1v) is 8.32. The number of aryl methyl sites for hydroxylation is 1. The van der Waals surface area contributed by atoms with Crippen LogP contribution in [0.5, 0.6) is 0 Å². The molecule has 1 aliphatic rings. The summed E-state index contributed by atoms with van der Waals surface area (Å²) in [5.74, 6) is 1.45. The van der Waals surface area contributed by atoms with Gasteiger partial charge in [0, 0.05) is 31.9 Å². The van der Waals surface area contributed by atoms with Crippen molar-refractivity contribution in [1.29, 1.82) is 0 Å². The van der Waals surface area contributed by atoms with Crippen LogP contribution in [0.1, 0.15) is 19.4 Å². The number of benzene rings is 1.